The molecule has 0 spiro atoms. The Hall–Kier alpha value is -3.30. The molecule has 2 aromatic rings. The first-order valence-corrected chi connectivity index (χ1v) is 11.6. The number of esters is 1. The molecule has 34 heavy (non-hydrogen) atoms. The molecule has 2 aromatic carbocycles. The van der Waals surface area contributed by atoms with E-state index in [4.69, 9.17) is 25.8 Å². The lowest BCUT2D eigenvalue weighted by Crippen LogP contribution is -2.33. The van der Waals surface area contributed by atoms with Crippen molar-refractivity contribution in [1.29, 1.82) is 0 Å². The third-order valence-corrected chi connectivity index (χ3v) is 5.72. The maximum atomic E-state index is 12.8. The smallest absolute Gasteiger partial charge is 0.344 e. The van der Waals surface area contributed by atoms with Gasteiger partial charge >= 0.3 is 5.97 Å². The van der Waals surface area contributed by atoms with Crippen molar-refractivity contribution >= 4 is 52.3 Å². The van der Waals surface area contributed by atoms with Crippen LogP contribution in [0.25, 0.3) is 6.08 Å². The third-order valence-electron chi connectivity index (χ3n) is 4.56. The Labute approximate surface area is 205 Å². The topological polar surface area (TPSA) is 99.2 Å². The number of halogens is 1. The minimum absolute atomic E-state index is 0.177. The maximum Gasteiger partial charge on any atom is 0.344 e. The molecule has 0 unspecified atom stereocenters. The predicted octanol–water partition coefficient (Wildman–Crippen LogP) is 4.60. The van der Waals surface area contributed by atoms with E-state index in [1.807, 2.05) is 0 Å². The molecule has 0 radical (unpaired) electrons. The zero-order chi connectivity index (χ0) is 24.7. The van der Waals surface area contributed by atoms with E-state index in [-0.39, 0.29) is 30.4 Å². The van der Waals surface area contributed by atoms with Crippen LogP contribution in [0.4, 0.5) is 4.79 Å². The number of thioether (sulfide) groups is 1. The molecule has 0 saturated carbocycles. The number of benzene rings is 2. The van der Waals surface area contributed by atoms with Gasteiger partial charge in [0.15, 0.2) is 23.9 Å². The Morgan fingerprint density at radius 3 is 2.41 bits per heavy atom. The highest BCUT2D eigenvalue weighted by molar-refractivity contribution is 8.18. The molecule has 8 nitrogen and oxygen atoms in total. The summed E-state index contributed by atoms with van der Waals surface area (Å²) in [5.41, 5.74) is 0.939. The lowest BCUT2D eigenvalue weighted by atomic mass is 10.1. The van der Waals surface area contributed by atoms with Crippen molar-refractivity contribution in [3.63, 3.8) is 0 Å². The number of nitrogens with zero attached hydrogens (tertiary/aromatic N) is 1. The van der Waals surface area contributed by atoms with Gasteiger partial charge in [0.2, 0.25) is 0 Å². The second-order valence-electron chi connectivity index (χ2n) is 6.93. The normalized spacial score (nSPS) is 14.4. The van der Waals surface area contributed by atoms with Crippen LogP contribution in [0.1, 0.15) is 29.8 Å². The van der Waals surface area contributed by atoms with Gasteiger partial charge in [-0.2, -0.15) is 0 Å². The first-order valence-electron chi connectivity index (χ1n) is 10.4. The number of carbonyl (C=O) groups is 4. The van der Waals surface area contributed by atoms with Crippen LogP contribution in [0.3, 0.4) is 0 Å². The van der Waals surface area contributed by atoms with Gasteiger partial charge in [-0.25, -0.2) is 4.79 Å². The van der Waals surface area contributed by atoms with Crippen LogP contribution in [0, 0.1) is 0 Å². The van der Waals surface area contributed by atoms with E-state index in [1.54, 1.807) is 56.3 Å². The molecular weight excluding hydrogens is 482 g/mol. The zero-order valence-corrected chi connectivity index (χ0v) is 20.1. The molecule has 0 atom stereocenters. The molecule has 0 aliphatic carbocycles. The van der Waals surface area contributed by atoms with Gasteiger partial charge in [-0.05, 0) is 73.6 Å². The average molecular weight is 504 g/mol. The van der Waals surface area contributed by atoms with Crippen LogP contribution >= 0.6 is 23.4 Å². The quantitative estimate of drug-likeness (QED) is 0.263. The summed E-state index contributed by atoms with van der Waals surface area (Å²) in [4.78, 5) is 50.3. The largest absolute Gasteiger partial charge is 0.490 e. The molecule has 1 fully saturated rings. The number of carbonyl (C=O) groups excluding carboxylic acids is 4. The highest BCUT2D eigenvalue weighted by Gasteiger charge is 2.36. The summed E-state index contributed by atoms with van der Waals surface area (Å²) in [7, 11) is 0. The van der Waals surface area contributed by atoms with E-state index < -0.39 is 17.1 Å². The van der Waals surface area contributed by atoms with Crippen LogP contribution in [0.15, 0.2) is 47.4 Å². The second-order valence-corrected chi connectivity index (χ2v) is 8.36. The fourth-order valence-electron chi connectivity index (χ4n) is 3.00. The predicted molar refractivity (Wildman–Crippen MR) is 128 cm³/mol. The molecule has 2 amide bonds. The van der Waals surface area contributed by atoms with E-state index in [2.05, 4.69) is 0 Å². The first kappa shape index (κ1) is 25.3. The van der Waals surface area contributed by atoms with Crippen LogP contribution < -0.4 is 9.47 Å². The van der Waals surface area contributed by atoms with E-state index in [0.717, 1.165) is 16.7 Å². The molecule has 0 aromatic heterocycles. The van der Waals surface area contributed by atoms with Crippen molar-refractivity contribution in [3.8, 4) is 11.5 Å². The number of amides is 2. The molecule has 10 heteroatoms. The SMILES string of the molecule is CCOC(=O)COc1ccc(/C=C2\SC(=O)N(CC(=O)c3ccc(Cl)cc3)C2=O)cc1OCC. The van der Waals surface area contributed by atoms with Crippen molar-refractivity contribution in [2.45, 2.75) is 13.8 Å². The van der Waals surface area contributed by atoms with Gasteiger partial charge in [0.25, 0.3) is 11.1 Å². The van der Waals surface area contributed by atoms with E-state index in [9.17, 15) is 19.2 Å². The minimum Gasteiger partial charge on any atom is -0.490 e. The molecule has 1 aliphatic heterocycles. The standard InChI is InChI=1S/C24H22ClNO7S/c1-3-31-20-11-15(5-10-19(20)33-14-22(28)32-4-2)12-21-23(29)26(24(30)34-21)13-18(27)16-6-8-17(25)9-7-16/h5-12H,3-4,13-14H2,1-2H3/b21-12-. The van der Waals surface area contributed by atoms with Gasteiger partial charge in [-0.1, -0.05) is 17.7 Å². The van der Waals surface area contributed by atoms with E-state index in [1.165, 1.54) is 6.08 Å². The van der Waals surface area contributed by atoms with Gasteiger partial charge in [0.05, 0.1) is 24.7 Å². The lowest BCUT2D eigenvalue weighted by molar-refractivity contribution is -0.145. The molecule has 1 heterocycles. The van der Waals surface area contributed by atoms with Crippen LogP contribution in [0.5, 0.6) is 11.5 Å². The van der Waals surface area contributed by atoms with E-state index >= 15 is 0 Å². The number of rotatable bonds is 10. The Morgan fingerprint density at radius 1 is 1.00 bits per heavy atom. The summed E-state index contributed by atoms with van der Waals surface area (Å²) in [5.74, 6) is -0.720. The highest BCUT2D eigenvalue weighted by Crippen LogP contribution is 2.35. The van der Waals surface area contributed by atoms with Crippen molar-refractivity contribution in [2.24, 2.45) is 0 Å². The van der Waals surface area contributed by atoms with Crippen LogP contribution in [0.2, 0.25) is 5.02 Å². The van der Waals surface area contributed by atoms with Crippen LogP contribution in [-0.4, -0.2) is 54.2 Å². The molecule has 3 rings (SSSR count). The van der Waals surface area contributed by atoms with Crippen molar-refractivity contribution in [3.05, 3.63) is 63.5 Å². The number of imide groups is 1. The number of hydrogen-bond donors (Lipinski definition) is 0. The number of Topliss-reactive ketones (excluding diaryl/α,β-unsaturated/α-hetero) is 1. The van der Waals surface area contributed by atoms with Crippen molar-refractivity contribution in [1.82, 2.24) is 4.90 Å². The summed E-state index contributed by atoms with van der Waals surface area (Å²) < 4.78 is 15.9. The molecule has 1 saturated heterocycles. The third kappa shape index (κ3) is 6.39. The van der Waals surface area contributed by atoms with Gasteiger partial charge in [-0.15, -0.1) is 0 Å². The van der Waals surface area contributed by atoms with Gasteiger partial charge in [-0.3, -0.25) is 19.3 Å². The van der Waals surface area contributed by atoms with E-state index in [0.29, 0.717) is 34.3 Å². The molecule has 178 valence electrons. The maximum absolute atomic E-state index is 12.8. The van der Waals surface area contributed by atoms with Crippen molar-refractivity contribution < 1.29 is 33.4 Å². The minimum atomic E-state index is -0.557. The zero-order valence-electron chi connectivity index (χ0n) is 18.5. The van der Waals surface area contributed by atoms with Gasteiger partial charge < -0.3 is 14.2 Å². The molecule has 0 bridgehead atoms. The highest BCUT2D eigenvalue weighted by atomic mass is 35.5. The fourth-order valence-corrected chi connectivity index (χ4v) is 3.96. The summed E-state index contributed by atoms with van der Waals surface area (Å²) in [6.45, 7) is 3.46. The second kappa shape index (κ2) is 11.7. The molecule has 0 N–H and O–H groups in total. The number of ketones is 1. The number of ether oxygens (including phenoxy) is 3. The number of hydrogen-bond acceptors (Lipinski definition) is 8. The Kier molecular flexibility index (Phi) is 8.72. The lowest BCUT2D eigenvalue weighted by Gasteiger charge is -2.12. The monoisotopic (exact) mass is 503 g/mol. The Bertz CT molecular complexity index is 1130. The molecular formula is C24H22ClNO7S. The summed E-state index contributed by atoms with van der Waals surface area (Å²) >= 11 is 6.59. The first-order chi connectivity index (χ1) is 16.3. The van der Waals surface area contributed by atoms with Gasteiger partial charge in [0, 0.05) is 10.6 Å². The fraction of sp³-hybridized carbons (Fsp3) is 0.250. The van der Waals surface area contributed by atoms with Crippen LogP contribution in [-0.2, 0) is 14.3 Å². The average Bonchev–Trinajstić information content (AvgIpc) is 3.06. The van der Waals surface area contributed by atoms with Crippen molar-refractivity contribution in [2.75, 3.05) is 26.4 Å². The summed E-state index contributed by atoms with van der Waals surface area (Å²) in [6.07, 6.45) is 1.54. The Balaban J connectivity index is 1.74. The Morgan fingerprint density at radius 2 is 1.74 bits per heavy atom. The molecule has 1 aliphatic rings. The summed E-state index contributed by atoms with van der Waals surface area (Å²) in [5, 5.41) is -0.0487. The van der Waals surface area contributed by atoms with Gasteiger partial charge in [0.1, 0.15) is 0 Å². The summed E-state index contributed by atoms with van der Waals surface area (Å²) in [6, 6.07) is 11.1.